The molecule has 1 aliphatic rings. The zero-order valence-electron chi connectivity index (χ0n) is 14.9. The smallest absolute Gasteiger partial charge is 0.398 e. The fourth-order valence-corrected chi connectivity index (χ4v) is 3.42. The molecule has 1 saturated heterocycles. The Kier molecular flexibility index (Phi) is 5.93. The quantitative estimate of drug-likeness (QED) is 0.432. The van der Waals surface area contributed by atoms with Gasteiger partial charge in [-0.05, 0) is 63.6 Å². The number of ether oxygens (including phenoxy) is 1. The molecule has 0 N–H and O–H groups in total. The van der Waals surface area contributed by atoms with Gasteiger partial charge in [-0.2, -0.15) is 0 Å². The molecule has 0 aromatic carbocycles. The minimum Gasteiger partial charge on any atom is -0.398 e. The van der Waals surface area contributed by atoms with Gasteiger partial charge < -0.3 is 14.0 Å². The van der Waals surface area contributed by atoms with E-state index in [0.29, 0.717) is 18.6 Å². The van der Waals surface area contributed by atoms with Crippen LogP contribution in [0.1, 0.15) is 44.6 Å². The first kappa shape index (κ1) is 19.2. The summed E-state index contributed by atoms with van der Waals surface area (Å²) in [4.78, 5) is 0.895. The van der Waals surface area contributed by atoms with E-state index in [9.17, 15) is 0 Å². The average Bonchev–Trinajstić information content (AvgIpc) is 3.00. The molecule has 3 nitrogen and oxygen atoms in total. The molecule has 2 rings (SSSR count). The minimum atomic E-state index is -1.00. The third-order valence-electron chi connectivity index (χ3n) is 4.57. The first-order valence-electron chi connectivity index (χ1n) is 7.99. The van der Waals surface area contributed by atoms with Crippen LogP contribution in [-0.2, 0) is 14.0 Å². The number of hydrogen-bond donors (Lipinski definition) is 0. The highest BCUT2D eigenvalue weighted by molar-refractivity contribution is 7.11. The Hall–Kier alpha value is -1.13. The summed E-state index contributed by atoms with van der Waals surface area (Å²) in [5.74, 6) is 2.41. The lowest BCUT2D eigenvalue weighted by molar-refractivity contribution is 0.00578. The van der Waals surface area contributed by atoms with Crippen molar-refractivity contribution in [2.24, 2.45) is 0 Å². The molecular weight excluding hydrogens is 326 g/mol. The Balaban J connectivity index is 2.29. The second kappa shape index (κ2) is 7.41. The molecule has 0 bridgehead atoms. The third-order valence-corrected chi connectivity index (χ3v) is 5.64. The van der Waals surface area contributed by atoms with Gasteiger partial charge in [0.1, 0.15) is 12.3 Å². The van der Waals surface area contributed by atoms with Gasteiger partial charge in [0.2, 0.25) is 0 Å². The summed E-state index contributed by atoms with van der Waals surface area (Å²) < 4.78 is 32.3. The normalized spacial score (nSPS) is 20.0. The van der Waals surface area contributed by atoms with Gasteiger partial charge in [0, 0.05) is 4.88 Å². The van der Waals surface area contributed by atoms with E-state index in [2.05, 4.69) is 5.92 Å². The van der Waals surface area contributed by atoms with E-state index in [1.54, 1.807) is 0 Å². The maximum Gasteiger partial charge on any atom is 0.525 e. The van der Waals surface area contributed by atoms with E-state index >= 15 is 4.39 Å². The van der Waals surface area contributed by atoms with Crippen LogP contribution in [0.15, 0.2) is 17.2 Å². The monoisotopic (exact) mass is 350 g/mol. The van der Waals surface area contributed by atoms with Gasteiger partial charge >= 0.3 is 7.12 Å². The SMILES string of the molecule is C#CCOCCC(=C(F)B1OC(C)(C)C(C)(C)O1)c1sccc1C. The molecule has 0 amide bonds. The first-order valence-corrected chi connectivity index (χ1v) is 8.87. The Morgan fingerprint density at radius 1 is 1.33 bits per heavy atom. The standard InChI is InChI=1S/C18H24BFO3S/c1-7-10-21-11-8-14(15-13(2)9-12-24-15)16(20)19-22-17(3,4)18(5,6)23-19/h1,9,12H,8,10-11H2,2-6H3. The fourth-order valence-electron chi connectivity index (χ4n) is 2.42. The highest BCUT2D eigenvalue weighted by atomic mass is 32.1. The van der Waals surface area contributed by atoms with E-state index in [1.807, 2.05) is 46.1 Å². The first-order chi connectivity index (χ1) is 11.2. The maximum absolute atomic E-state index is 15.3. The van der Waals surface area contributed by atoms with Crippen molar-refractivity contribution in [3.05, 3.63) is 27.6 Å². The van der Waals surface area contributed by atoms with Crippen LogP contribution >= 0.6 is 11.3 Å². The Morgan fingerprint density at radius 2 is 1.96 bits per heavy atom. The molecule has 6 heteroatoms. The second-order valence-electron chi connectivity index (χ2n) is 6.85. The number of hydrogen-bond acceptors (Lipinski definition) is 4. The number of aryl methyl sites for hydroxylation is 1. The van der Waals surface area contributed by atoms with Crippen molar-refractivity contribution in [3.8, 4) is 12.3 Å². The molecule has 1 aromatic heterocycles. The summed E-state index contributed by atoms with van der Waals surface area (Å²) in [5, 5.41) is 1.95. The van der Waals surface area contributed by atoms with Gasteiger partial charge in [0.15, 0.2) is 0 Å². The van der Waals surface area contributed by atoms with Gasteiger partial charge in [0.25, 0.3) is 0 Å². The molecule has 0 saturated carbocycles. The van der Waals surface area contributed by atoms with Gasteiger partial charge in [0.05, 0.1) is 17.8 Å². The van der Waals surface area contributed by atoms with Crippen molar-refractivity contribution in [3.63, 3.8) is 0 Å². The van der Waals surface area contributed by atoms with Crippen LogP contribution in [0.2, 0.25) is 0 Å². The van der Waals surface area contributed by atoms with Crippen LogP contribution in [-0.4, -0.2) is 31.5 Å². The molecule has 0 spiro atoms. The molecule has 130 valence electrons. The zero-order chi connectivity index (χ0) is 18.0. The van der Waals surface area contributed by atoms with Crippen molar-refractivity contribution in [2.45, 2.75) is 52.2 Å². The lowest BCUT2D eigenvalue weighted by Crippen LogP contribution is -2.41. The molecule has 24 heavy (non-hydrogen) atoms. The zero-order valence-corrected chi connectivity index (χ0v) is 15.8. The lowest BCUT2D eigenvalue weighted by atomic mass is 9.83. The topological polar surface area (TPSA) is 27.7 Å². The van der Waals surface area contributed by atoms with E-state index in [4.69, 9.17) is 20.5 Å². The maximum atomic E-state index is 15.3. The summed E-state index contributed by atoms with van der Waals surface area (Å²) in [5.41, 5.74) is 0.0509. The Bertz CT molecular complexity index is 641. The molecule has 0 aliphatic carbocycles. The Morgan fingerprint density at radius 3 is 2.46 bits per heavy atom. The van der Waals surface area contributed by atoms with Crippen LogP contribution in [0.4, 0.5) is 4.39 Å². The van der Waals surface area contributed by atoms with Gasteiger partial charge in [-0.15, -0.1) is 17.8 Å². The molecule has 0 unspecified atom stereocenters. The van der Waals surface area contributed by atoms with E-state index in [1.165, 1.54) is 11.3 Å². The highest BCUT2D eigenvalue weighted by Crippen LogP contribution is 2.41. The van der Waals surface area contributed by atoms with Crippen molar-refractivity contribution in [1.29, 1.82) is 0 Å². The van der Waals surface area contributed by atoms with Crippen LogP contribution in [0.25, 0.3) is 5.57 Å². The molecule has 0 atom stereocenters. The summed E-state index contributed by atoms with van der Waals surface area (Å²) in [7, 11) is -1.00. The molecule has 1 aliphatic heterocycles. The van der Waals surface area contributed by atoms with Crippen molar-refractivity contribution >= 4 is 24.0 Å². The molecular formula is C18H24BFO3S. The van der Waals surface area contributed by atoms with E-state index < -0.39 is 18.3 Å². The van der Waals surface area contributed by atoms with Crippen molar-refractivity contribution < 1.29 is 18.4 Å². The van der Waals surface area contributed by atoms with Crippen molar-refractivity contribution in [1.82, 2.24) is 0 Å². The average molecular weight is 350 g/mol. The number of halogens is 1. The molecule has 1 aromatic rings. The van der Waals surface area contributed by atoms with E-state index in [0.717, 1.165) is 10.4 Å². The van der Waals surface area contributed by atoms with Crippen LogP contribution in [0.3, 0.4) is 0 Å². The fraction of sp³-hybridized carbons (Fsp3) is 0.556. The third kappa shape index (κ3) is 3.92. The predicted molar refractivity (Wildman–Crippen MR) is 97.4 cm³/mol. The van der Waals surface area contributed by atoms with Crippen LogP contribution in [0.5, 0.6) is 0 Å². The van der Waals surface area contributed by atoms with E-state index in [-0.39, 0.29) is 12.3 Å². The predicted octanol–water partition coefficient (Wildman–Crippen LogP) is 4.41. The number of thiophene rings is 1. The number of terminal acetylenes is 1. The lowest BCUT2D eigenvalue weighted by Gasteiger charge is -2.32. The highest BCUT2D eigenvalue weighted by Gasteiger charge is 2.53. The van der Waals surface area contributed by atoms with Gasteiger partial charge in [-0.25, -0.2) is 4.39 Å². The summed E-state index contributed by atoms with van der Waals surface area (Å²) in [6.45, 7) is 10.2. The Labute approximate surface area is 148 Å². The summed E-state index contributed by atoms with van der Waals surface area (Å²) in [6.07, 6.45) is 5.60. The second-order valence-corrected chi connectivity index (χ2v) is 7.77. The van der Waals surface area contributed by atoms with Crippen molar-refractivity contribution in [2.75, 3.05) is 13.2 Å². The van der Waals surface area contributed by atoms with Gasteiger partial charge in [-0.3, -0.25) is 0 Å². The molecule has 1 fully saturated rings. The van der Waals surface area contributed by atoms with Crippen LogP contribution < -0.4 is 0 Å². The number of rotatable bonds is 6. The van der Waals surface area contributed by atoms with Gasteiger partial charge in [-0.1, -0.05) is 5.92 Å². The summed E-state index contributed by atoms with van der Waals surface area (Å²) >= 11 is 1.50. The van der Waals surface area contributed by atoms with Crippen LogP contribution in [0, 0.1) is 19.3 Å². The molecule has 2 heterocycles. The minimum absolute atomic E-state index is 0.217. The molecule has 0 radical (unpaired) electrons. The largest absolute Gasteiger partial charge is 0.525 e. The summed E-state index contributed by atoms with van der Waals surface area (Å²) in [6, 6.07) is 1.97.